The fourth-order valence-electron chi connectivity index (χ4n) is 0.137. The van der Waals surface area contributed by atoms with Crippen LogP contribution in [-0.4, -0.2) is 1.28 Å². The van der Waals surface area contributed by atoms with E-state index in [9.17, 15) is 0 Å². The molecule has 0 saturated heterocycles. The largest absolute Gasteiger partial charge is 0.109 e. The maximum Gasteiger partial charge on any atom is 0.0688 e. The average molecular weight is 259 g/mol. The molecule has 0 aliphatic rings. The predicted molar refractivity (Wildman–Crippen MR) is 69.3 cm³/mol. The molecule has 0 rings (SSSR count). The Hall–Kier alpha value is 3.44. The highest BCUT2D eigenvalue weighted by Gasteiger charge is 1.99. The summed E-state index contributed by atoms with van der Waals surface area (Å²) in [6.45, 7) is -0.194. The van der Waals surface area contributed by atoms with Gasteiger partial charge < -0.3 is 0 Å². The topological polar surface area (TPSA) is 0 Å². The van der Waals surface area contributed by atoms with Gasteiger partial charge in [-0.2, -0.15) is 0 Å². The number of hydrogen-bond donors (Lipinski definition) is 0. The molecule has 0 saturated carbocycles. The maximum atomic E-state index is 7.69. The van der Waals surface area contributed by atoms with Crippen LogP contribution in [0.3, 0.4) is 0 Å². The van der Waals surface area contributed by atoms with E-state index in [2.05, 4.69) is 35.7 Å². The highest BCUT2D eigenvalue weighted by molar-refractivity contribution is 8.97. The molecule has 8 heavy (non-hydrogen) atoms. The first-order valence-electron chi connectivity index (χ1n) is 2.13. The summed E-state index contributed by atoms with van der Waals surface area (Å²) < 4.78 is 7.69. The fourth-order valence-corrected chi connectivity index (χ4v) is 33.3. The summed E-state index contributed by atoms with van der Waals surface area (Å²) >= 11 is 0. The molecule has 0 nitrogen and oxygen atoms in total. The highest BCUT2D eigenvalue weighted by atomic mass is 33.0. The number of rotatable bonds is 3. The molecule has 0 spiro atoms. The van der Waals surface area contributed by atoms with Gasteiger partial charge in [0.1, 0.15) is 0 Å². The highest BCUT2D eigenvalue weighted by Crippen LogP contribution is 2.91. The van der Waals surface area contributed by atoms with Crippen LogP contribution in [0.25, 0.3) is 0 Å². The third kappa shape index (κ3) is 7.55. The minimum Gasteiger partial charge on any atom is -0.109 e. The second-order valence-corrected chi connectivity index (χ2v) is 25.5. The van der Waals surface area contributed by atoms with Crippen molar-refractivity contribution >= 4 is 65.5 Å². The van der Waals surface area contributed by atoms with Crippen molar-refractivity contribution < 1.29 is 0 Å². The SMILES string of the molecule is [2H]P(P(P)P)P(P)PP. The van der Waals surface area contributed by atoms with Crippen molar-refractivity contribution in [2.75, 3.05) is 0 Å². The van der Waals surface area contributed by atoms with E-state index in [1.807, 2.05) is 0 Å². The standard InChI is InChI=1S/H10P8/c1-5-8(4)6-7(2)3/h5-6H,1-4H2/i6D. The van der Waals surface area contributed by atoms with Crippen LogP contribution in [0.1, 0.15) is 0 Å². The molecular formula is H10P8. The van der Waals surface area contributed by atoms with Gasteiger partial charge in [0.05, 0.1) is 1.28 Å². The zero-order valence-corrected chi connectivity index (χ0v) is 12.5. The Morgan fingerprint density at radius 1 is 1.38 bits per heavy atom. The van der Waals surface area contributed by atoms with Gasteiger partial charge in [-0.15, -0.1) is 35.7 Å². The lowest BCUT2D eigenvalue weighted by atomic mass is 28.9. The van der Waals surface area contributed by atoms with Crippen LogP contribution in [0.2, 0.25) is 0 Å². The van der Waals surface area contributed by atoms with E-state index >= 15 is 0 Å². The van der Waals surface area contributed by atoms with E-state index in [1.165, 1.54) is 0 Å². The molecule has 0 fully saturated rings. The Labute approximate surface area is 67.1 Å². The van der Waals surface area contributed by atoms with Crippen molar-refractivity contribution in [2.45, 2.75) is 0 Å². The van der Waals surface area contributed by atoms with Gasteiger partial charge in [-0.1, -0.05) is 15.9 Å². The van der Waals surface area contributed by atoms with E-state index in [0.29, 0.717) is 0 Å². The van der Waals surface area contributed by atoms with E-state index in [4.69, 9.17) is 1.28 Å². The van der Waals surface area contributed by atoms with Gasteiger partial charge in [0.25, 0.3) is 0 Å². The van der Waals surface area contributed by atoms with E-state index < -0.39 is 7.90 Å². The zero-order valence-electron chi connectivity index (χ0n) is 5.15. The average Bonchev–Trinajstić information content (AvgIpc) is 1.84. The lowest BCUT2D eigenvalue weighted by molar-refractivity contribution is 4.88. The lowest BCUT2D eigenvalue weighted by Gasteiger charge is -2.10. The fraction of sp³-hybridized carbons (Fsp3) is 0. The molecule has 0 radical (unpaired) electrons. The molecular weight excluding hydrogens is 248 g/mol. The number of hydrogen-bond acceptors (Lipinski definition) is 0. The van der Waals surface area contributed by atoms with Gasteiger partial charge in [-0.3, -0.25) is 0 Å². The van der Waals surface area contributed by atoms with Gasteiger partial charge in [0, 0.05) is 0 Å². The second kappa shape index (κ2) is 7.11. The summed E-state index contributed by atoms with van der Waals surface area (Å²) in [5.74, 6) is 0. The van der Waals surface area contributed by atoms with Crippen molar-refractivity contribution in [3.8, 4) is 0 Å². The smallest absolute Gasteiger partial charge is 0.0688 e. The molecule has 0 aliphatic heterocycles. The molecule has 0 heterocycles. The van der Waals surface area contributed by atoms with Gasteiger partial charge in [-0.05, 0) is 14.0 Å². The molecule has 0 N–H and O–H groups in total. The van der Waals surface area contributed by atoms with Gasteiger partial charge >= 0.3 is 0 Å². The minimum atomic E-state index is -0.441. The summed E-state index contributed by atoms with van der Waals surface area (Å²) in [5.41, 5.74) is 0. The molecule has 50 valence electrons. The third-order valence-corrected chi connectivity index (χ3v) is 26.9. The van der Waals surface area contributed by atoms with Crippen molar-refractivity contribution in [2.24, 2.45) is 0 Å². The van der Waals surface area contributed by atoms with Crippen molar-refractivity contribution in [1.82, 2.24) is 0 Å². The summed E-state index contributed by atoms with van der Waals surface area (Å²) in [6.07, 6.45) is 0. The van der Waals surface area contributed by atoms with Crippen LogP contribution in [0.4, 0.5) is 0 Å². The summed E-state index contributed by atoms with van der Waals surface area (Å²) in [7, 11) is 11.5. The van der Waals surface area contributed by atoms with Gasteiger partial charge in [0.2, 0.25) is 0 Å². The molecule has 7 unspecified atom stereocenters. The van der Waals surface area contributed by atoms with Crippen molar-refractivity contribution in [3.63, 3.8) is 0 Å². The molecule has 0 aliphatic carbocycles. The van der Waals surface area contributed by atoms with Gasteiger partial charge in [0.15, 0.2) is 0 Å². The summed E-state index contributed by atoms with van der Waals surface area (Å²) in [6, 6.07) is 0. The Bertz CT molecular complexity index is 69.0. The molecule has 0 aromatic carbocycles. The Morgan fingerprint density at radius 3 is 2.00 bits per heavy atom. The maximum absolute atomic E-state index is 7.69. The first kappa shape index (κ1) is 9.53. The Morgan fingerprint density at radius 2 is 1.88 bits per heavy atom. The first-order chi connectivity index (χ1) is 4.09. The van der Waals surface area contributed by atoms with Crippen LogP contribution in [-0.2, 0) is 0 Å². The second-order valence-electron chi connectivity index (χ2n) is 0.943. The van der Waals surface area contributed by atoms with Crippen LogP contribution < -0.4 is 0 Å². The van der Waals surface area contributed by atoms with E-state index in [-0.39, 0.29) is 14.0 Å². The first-order valence-corrected chi connectivity index (χ1v) is 15.2. The monoisotopic (exact) mass is 259 g/mol. The lowest BCUT2D eigenvalue weighted by Crippen LogP contribution is -1.18. The van der Waals surface area contributed by atoms with Crippen molar-refractivity contribution in [3.05, 3.63) is 0 Å². The van der Waals surface area contributed by atoms with Crippen LogP contribution in [0, 0.1) is 0 Å². The zero-order chi connectivity index (χ0) is 7.44. The Balaban J connectivity index is 3.58. The molecule has 7 atom stereocenters. The molecule has 0 aromatic rings. The molecule has 0 aromatic heterocycles. The van der Waals surface area contributed by atoms with E-state index in [0.717, 1.165) is 7.96 Å². The van der Waals surface area contributed by atoms with Crippen LogP contribution in [0.15, 0.2) is 0 Å². The third-order valence-electron chi connectivity index (χ3n) is 0.332. The quantitative estimate of drug-likeness (QED) is 0.666. The van der Waals surface area contributed by atoms with Crippen molar-refractivity contribution in [1.29, 1.82) is 1.28 Å². The Kier molecular flexibility index (Phi) is 8.47. The predicted octanol–water partition coefficient (Wildman–Crippen LogP) is 4.21. The summed E-state index contributed by atoms with van der Waals surface area (Å²) in [4.78, 5) is 0. The minimum absolute atomic E-state index is 0.0530. The molecule has 0 bridgehead atoms. The van der Waals surface area contributed by atoms with Crippen LogP contribution >= 0.6 is 65.5 Å². The van der Waals surface area contributed by atoms with E-state index in [1.54, 1.807) is 0 Å². The summed E-state index contributed by atoms with van der Waals surface area (Å²) in [5, 5.41) is 0. The normalized spacial score (nSPS) is 21.9. The van der Waals surface area contributed by atoms with Crippen LogP contribution in [0.5, 0.6) is 0 Å². The molecule has 8 heteroatoms. The molecule has 0 amide bonds. The van der Waals surface area contributed by atoms with Gasteiger partial charge in [-0.25, -0.2) is 0 Å².